The molecule has 1 unspecified atom stereocenters. The second kappa shape index (κ2) is 5.21. The van der Waals surface area contributed by atoms with E-state index in [9.17, 15) is 0 Å². The molecule has 2 heteroatoms. The largest absolute Gasteiger partial charge is 0.382 e. The number of hydrogen-bond acceptors (Lipinski definition) is 2. The van der Waals surface area contributed by atoms with Crippen molar-refractivity contribution >= 4 is 11.4 Å². The van der Waals surface area contributed by atoms with Crippen molar-refractivity contribution in [3.8, 4) is 0 Å². The van der Waals surface area contributed by atoms with Crippen LogP contribution in [0.4, 0.5) is 11.4 Å². The molecule has 1 aliphatic carbocycles. The van der Waals surface area contributed by atoms with E-state index in [2.05, 4.69) is 41.4 Å². The van der Waals surface area contributed by atoms with Gasteiger partial charge in [-0.2, -0.15) is 0 Å². The van der Waals surface area contributed by atoms with Gasteiger partial charge in [-0.1, -0.05) is 13.0 Å². The smallest absolute Gasteiger partial charge is 0.0386 e. The van der Waals surface area contributed by atoms with Crippen molar-refractivity contribution < 1.29 is 0 Å². The van der Waals surface area contributed by atoms with Crippen molar-refractivity contribution in [1.29, 1.82) is 0 Å². The summed E-state index contributed by atoms with van der Waals surface area (Å²) in [5.41, 5.74) is 2.70. The fraction of sp³-hybridized carbons (Fsp3) is 0.625. The molecular weight excluding hydrogens is 220 g/mol. The molecule has 1 heterocycles. The molecule has 2 nitrogen and oxygen atoms in total. The Morgan fingerprint density at radius 3 is 2.72 bits per heavy atom. The molecule has 0 spiro atoms. The highest BCUT2D eigenvalue weighted by Gasteiger charge is 2.29. The molecular formula is C16H24N2. The summed E-state index contributed by atoms with van der Waals surface area (Å²) in [5.74, 6) is 0.922. The molecule has 98 valence electrons. The van der Waals surface area contributed by atoms with Gasteiger partial charge in [-0.15, -0.1) is 0 Å². The van der Waals surface area contributed by atoms with E-state index in [1.165, 1.54) is 56.6 Å². The van der Waals surface area contributed by atoms with Crippen LogP contribution in [0.5, 0.6) is 0 Å². The minimum absolute atomic E-state index is 0.679. The number of rotatable bonds is 5. The average molecular weight is 244 g/mol. The zero-order valence-electron chi connectivity index (χ0n) is 11.4. The van der Waals surface area contributed by atoms with Gasteiger partial charge in [0.1, 0.15) is 0 Å². The third kappa shape index (κ3) is 2.63. The minimum atomic E-state index is 0.679. The van der Waals surface area contributed by atoms with Gasteiger partial charge >= 0.3 is 0 Å². The molecule has 1 aromatic rings. The Bertz CT molecular complexity index is 392. The molecule has 3 rings (SSSR count). The zero-order valence-corrected chi connectivity index (χ0v) is 11.4. The van der Waals surface area contributed by atoms with Gasteiger partial charge in [-0.25, -0.2) is 0 Å². The molecule has 0 bridgehead atoms. The highest BCUT2D eigenvalue weighted by Crippen LogP contribution is 2.36. The quantitative estimate of drug-likeness (QED) is 0.845. The molecule has 1 N–H and O–H groups in total. The summed E-state index contributed by atoms with van der Waals surface area (Å²) in [6.07, 6.45) is 6.75. The zero-order chi connectivity index (χ0) is 12.4. The van der Waals surface area contributed by atoms with Gasteiger partial charge < -0.3 is 10.2 Å². The predicted octanol–water partition coefficient (Wildman–Crippen LogP) is 3.89. The van der Waals surface area contributed by atoms with E-state index in [1.54, 1.807) is 0 Å². The van der Waals surface area contributed by atoms with Crippen molar-refractivity contribution in [2.45, 2.75) is 45.1 Å². The van der Waals surface area contributed by atoms with E-state index < -0.39 is 0 Å². The fourth-order valence-corrected chi connectivity index (χ4v) is 3.03. The van der Waals surface area contributed by atoms with Gasteiger partial charge in [0, 0.05) is 30.5 Å². The molecule has 18 heavy (non-hydrogen) atoms. The van der Waals surface area contributed by atoms with E-state index >= 15 is 0 Å². The number of hydrogen-bond donors (Lipinski definition) is 1. The predicted molar refractivity (Wildman–Crippen MR) is 78.3 cm³/mol. The summed E-state index contributed by atoms with van der Waals surface area (Å²) in [4.78, 5) is 2.50. The number of anilines is 2. The van der Waals surface area contributed by atoms with Crippen molar-refractivity contribution in [3.63, 3.8) is 0 Å². The van der Waals surface area contributed by atoms with E-state index in [0.717, 1.165) is 5.92 Å². The van der Waals surface area contributed by atoms with E-state index in [-0.39, 0.29) is 0 Å². The highest BCUT2D eigenvalue weighted by molar-refractivity contribution is 5.58. The first-order chi connectivity index (χ1) is 8.86. The number of nitrogens with zero attached hydrogens (tertiary/aromatic N) is 1. The van der Waals surface area contributed by atoms with Crippen molar-refractivity contribution in [2.24, 2.45) is 5.92 Å². The summed E-state index contributed by atoms with van der Waals surface area (Å²) in [6, 6.07) is 9.66. The van der Waals surface area contributed by atoms with Crippen LogP contribution in [-0.4, -0.2) is 19.1 Å². The molecule has 1 aromatic carbocycles. The normalized spacial score (nSPS) is 21.1. The topological polar surface area (TPSA) is 15.3 Å². The minimum Gasteiger partial charge on any atom is -0.382 e. The van der Waals surface area contributed by atoms with Crippen LogP contribution in [0.15, 0.2) is 24.3 Å². The Morgan fingerprint density at radius 1 is 1.28 bits per heavy atom. The monoisotopic (exact) mass is 244 g/mol. The standard InChI is InChI=1S/C16H24N2/c1-2-16(13-8-9-13)17-14-6-5-7-15(12-14)18-10-3-4-11-18/h5-7,12-13,16-17H,2-4,8-11H2,1H3. The molecule has 0 aromatic heterocycles. The Morgan fingerprint density at radius 2 is 2.06 bits per heavy atom. The summed E-state index contributed by atoms with van der Waals surface area (Å²) in [6.45, 7) is 4.74. The van der Waals surface area contributed by atoms with Gasteiger partial charge in [0.15, 0.2) is 0 Å². The van der Waals surface area contributed by atoms with Crippen LogP contribution in [-0.2, 0) is 0 Å². The maximum atomic E-state index is 3.73. The Hall–Kier alpha value is -1.18. The molecule has 1 atom stereocenters. The van der Waals surface area contributed by atoms with Crippen LogP contribution in [0.25, 0.3) is 0 Å². The van der Waals surface area contributed by atoms with Gasteiger partial charge in [0.05, 0.1) is 0 Å². The third-order valence-corrected chi connectivity index (χ3v) is 4.30. The summed E-state index contributed by atoms with van der Waals surface area (Å²) >= 11 is 0. The summed E-state index contributed by atoms with van der Waals surface area (Å²) in [5, 5.41) is 3.73. The maximum absolute atomic E-state index is 3.73. The first-order valence-corrected chi connectivity index (χ1v) is 7.48. The fourth-order valence-electron chi connectivity index (χ4n) is 3.03. The lowest BCUT2D eigenvalue weighted by molar-refractivity contribution is 0.616. The first-order valence-electron chi connectivity index (χ1n) is 7.48. The first kappa shape index (κ1) is 11.9. The SMILES string of the molecule is CCC(Nc1cccc(N2CCCC2)c1)C1CC1. The van der Waals surface area contributed by atoms with Crippen LogP contribution in [0, 0.1) is 5.92 Å². The second-order valence-electron chi connectivity index (χ2n) is 5.74. The molecule has 1 saturated heterocycles. The van der Waals surface area contributed by atoms with Gasteiger partial charge in [-0.3, -0.25) is 0 Å². The van der Waals surface area contributed by atoms with Crippen LogP contribution in [0.1, 0.15) is 39.0 Å². The molecule has 1 saturated carbocycles. The van der Waals surface area contributed by atoms with E-state index in [1.807, 2.05) is 0 Å². The molecule has 1 aliphatic heterocycles. The van der Waals surface area contributed by atoms with Crippen molar-refractivity contribution in [3.05, 3.63) is 24.3 Å². The maximum Gasteiger partial charge on any atom is 0.0386 e. The average Bonchev–Trinajstić information content (AvgIpc) is 3.10. The lowest BCUT2D eigenvalue weighted by Crippen LogP contribution is -2.21. The van der Waals surface area contributed by atoms with Crippen LogP contribution >= 0.6 is 0 Å². The Balaban J connectivity index is 1.69. The summed E-state index contributed by atoms with van der Waals surface area (Å²) < 4.78 is 0. The lowest BCUT2D eigenvalue weighted by atomic mass is 10.1. The molecule has 0 radical (unpaired) electrons. The Labute approximate surface area is 110 Å². The van der Waals surface area contributed by atoms with Gasteiger partial charge in [-0.05, 0) is 56.2 Å². The van der Waals surface area contributed by atoms with Crippen LogP contribution in [0.2, 0.25) is 0 Å². The van der Waals surface area contributed by atoms with Crippen LogP contribution in [0.3, 0.4) is 0 Å². The van der Waals surface area contributed by atoms with Crippen molar-refractivity contribution in [1.82, 2.24) is 0 Å². The van der Waals surface area contributed by atoms with E-state index in [0.29, 0.717) is 6.04 Å². The molecule has 2 aliphatic rings. The van der Waals surface area contributed by atoms with E-state index in [4.69, 9.17) is 0 Å². The van der Waals surface area contributed by atoms with Gasteiger partial charge in [0.25, 0.3) is 0 Å². The Kier molecular flexibility index (Phi) is 3.44. The van der Waals surface area contributed by atoms with Crippen LogP contribution < -0.4 is 10.2 Å². The van der Waals surface area contributed by atoms with Crippen molar-refractivity contribution in [2.75, 3.05) is 23.3 Å². The second-order valence-corrected chi connectivity index (χ2v) is 5.74. The number of benzene rings is 1. The molecule has 2 fully saturated rings. The van der Waals surface area contributed by atoms with Gasteiger partial charge in [0.2, 0.25) is 0 Å². The third-order valence-electron chi connectivity index (χ3n) is 4.30. The number of nitrogens with one attached hydrogen (secondary N) is 1. The lowest BCUT2D eigenvalue weighted by Gasteiger charge is -2.21. The summed E-state index contributed by atoms with van der Waals surface area (Å²) in [7, 11) is 0. The molecule has 0 amide bonds. The highest BCUT2D eigenvalue weighted by atomic mass is 15.1.